The summed E-state index contributed by atoms with van der Waals surface area (Å²) in [5.74, 6) is 0.127. The van der Waals surface area contributed by atoms with Crippen molar-refractivity contribution in [2.24, 2.45) is 0 Å². The average molecular weight is 438 g/mol. The second kappa shape index (κ2) is 9.55. The van der Waals surface area contributed by atoms with E-state index in [1.54, 1.807) is 52.1 Å². The van der Waals surface area contributed by atoms with Gasteiger partial charge in [-0.3, -0.25) is 4.98 Å². The number of carbonyl (C=O) groups is 2. The van der Waals surface area contributed by atoms with Gasteiger partial charge in [0.05, 0.1) is 24.7 Å². The zero-order chi connectivity index (χ0) is 23.3. The van der Waals surface area contributed by atoms with Crippen molar-refractivity contribution in [3.8, 4) is 22.6 Å². The van der Waals surface area contributed by atoms with Crippen LogP contribution in [0, 0.1) is 0 Å². The molecule has 3 rings (SSSR count). The number of amides is 1. The van der Waals surface area contributed by atoms with E-state index in [1.807, 2.05) is 12.1 Å². The number of nitrogens with one attached hydrogen (secondary N) is 1. The third-order valence-corrected chi connectivity index (χ3v) is 4.50. The number of benzene rings is 2. The second-order valence-corrected chi connectivity index (χ2v) is 8.03. The molecule has 168 valence electrons. The van der Waals surface area contributed by atoms with Gasteiger partial charge in [-0.1, -0.05) is 6.07 Å². The quantitative estimate of drug-likeness (QED) is 0.523. The van der Waals surface area contributed by atoms with Crippen molar-refractivity contribution in [2.45, 2.75) is 26.4 Å². The van der Waals surface area contributed by atoms with Gasteiger partial charge in [0, 0.05) is 23.2 Å². The zero-order valence-electron chi connectivity index (χ0n) is 18.5. The Kier molecular flexibility index (Phi) is 6.82. The number of hydrogen-bond acceptors (Lipinski definition) is 6. The van der Waals surface area contributed by atoms with Crippen molar-refractivity contribution in [2.75, 3.05) is 20.3 Å². The van der Waals surface area contributed by atoms with Gasteiger partial charge in [0.15, 0.2) is 0 Å². The number of carboxylic acid groups (broad SMARTS) is 1. The Hall–Kier alpha value is -3.81. The van der Waals surface area contributed by atoms with Gasteiger partial charge >= 0.3 is 12.1 Å². The van der Waals surface area contributed by atoms with Crippen LogP contribution in [-0.2, 0) is 4.74 Å². The van der Waals surface area contributed by atoms with E-state index in [0.717, 1.165) is 11.1 Å². The number of carboxylic acids is 1. The molecule has 1 amide bonds. The molecule has 0 fully saturated rings. The Balaban J connectivity index is 1.84. The average Bonchev–Trinajstić information content (AvgIpc) is 2.74. The van der Waals surface area contributed by atoms with Crippen molar-refractivity contribution in [1.29, 1.82) is 0 Å². The molecule has 1 aromatic heterocycles. The predicted octanol–water partition coefficient (Wildman–Crippen LogP) is 4.51. The second-order valence-electron chi connectivity index (χ2n) is 8.03. The molecule has 32 heavy (non-hydrogen) atoms. The van der Waals surface area contributed by atoms with Gasteiger partial charge in [0.25, 0.3) is 0 Å². The minimum Gasteiger partial charge on any atom is -0.497 e. The number of nitrogens with zero attached hydrogens (tertiary/aromatic N) is 1. The summed E-state index contributed by atoms with van der Waals surface area (Å²) in [7, 11) is 1.56. The van der Waals surface area contributed by atoms with Gasteiger partial charge in [-0.25, -0.2) is 9.59 Å². The van der Waals surface area contributed by atoms with Crippen LogP contribution in [0.2, 0.25) is 0 Å². The Bertz CT molecular complexity index is 1140. The first kappa shape index (κ1) is 22.9. The number of fused-ring (bicyclic) bond motifs is 1. The minimum absolute atomic E-state index is 0.175. The Morgan fingerprint density at radius 1 is 1.09 bits per heavy atom. The van der Waals surface area contributed by atoms with Gasteiger partial charge < -0.3 is 24.6 Å². The normalized spacial score (nSPS) is 11.1. The molecule has 0 atom stereocenters. The van der Waals surface area contributed by atoms with Gasteiger partial charge in [-0.15, -0.1) is 0 Å². The number of aromatic nitrogens is 1. The molecular formula is C24H26N2O6. The van der Waals surface area contributed by atoms with E-state index < -0.39 is 17.7 Å². The van der Waals surface area contributed by atoms with Crippen LogP contribution in [-0.4, -0.2) is 48.0 Å². The molecule has 3 aromatic rings. The Labute approximate surface area is 186 Å². The van der Waals surface area contributed by atoms with Crippen molar-refractivity contribution in [1.82, 2.24) is 10.3 Å². The minimum atomic E-state index is -1.02. The molecule has 0 saturated heterocycles. The maximum absolute atomic E-state index is 11.8. The lowest BCUT2D eigenvalue weighted by Crippen LogP contribution is -2.34. The van der Waals surface area contributed by atoms with E-state index >= 15 is 0 Å². The van der Waals surface area contributed by atoms with E-state index in [2.05, 4.69) is 10.3 Å². The third-order valence-electron chi connectivity index (χ3n) is 4.50. The zero-order valence-corrected chi connectivity index (χ0v) is 18.5. The van der Waals surface area contributed by atoms with Crippen molar-refractivity contribution in [3.05, 3.63) is 54.2 Å². The molecule has 2 aromatic carbocycles. The van der Waals surface area contributed by atoms with Gasteiger partial charge in [0.2, 0.25) is 0 Å². The highest BCUT2D eigenvalue weighted by Crippen LogP contribution is 2.35. The topological polar surface area (TPSA) is 107 Å². The van der Waals surface area contributed by atoms with Crippen LogP contribution in [0.3, 0.4) is 0 Å². The maximum atomic E-state index is 11.8. The number of rotatable bonds is 7. The Morgan fingerprint density at radius 2 is 1.88 bits per heavy atom. The number of pyridine rings is 1. The van der Waals surface area contributed by atoms with E-state index in [-0.39, 0.29) is 18.7 Å². The predicted molar refractivity (Wildman–Crippen MR) is 120 cm³/mol. The van der Waals surface area contributed by atoms with Gasteiger partial charge in [0.1, 0.15) is 23.7 Å². The number of aromatic carboxylic acids is 1. The number of alkyl carbamates (subject to hydrolysis) is 1. The molecule has 0 radical (unpaired) electrons. The summed E-state index contributed by atoms with van der Waals surface area (Å²) in [5.41, 5.74) is 1.71. The van der Waals surface area contributed by atoms with E-state index in [0.29, 0.717) is 22.4 Å². The maximum Gasteiger partial charge on any atom is 0.407 e. The van der Waals surface area contributed by atoms with Crippen LogP contribution >= 0.6 is 0 Å². The molecule has 0 unspecified atom stereocenters. The summed E-state index contributed by atoms with van der Waals surface area (Å²) in [4.78, 5) is 27.7. The van der Waals surface area contributed by atoms with E-state index in [1.165, 1.54) is 12.3 Å². The summed E-state index contributed by atoms with van der Waals surface area (Å²) in [6.45, 7) is 5.83. The lowest BCUT2D eigenvalue weighted by molar-refractivity contribution is 0.0519. The number of methoxy groups -OCH3 is 1. The van der Waals surface area contributed by atoms with E-state index in [9.17, 15) is 14.7 Å². The molecule has 0 aliphatic carbocycles. The van der Waals surface area contributed by atoms with Crippen molar-refractivity contribution < 1.29 is 28.9 Å². The van der Waals surface area contributed by atoms with Gasteiger partial charge in [-0.05, 0) is 56.7 Å². The molecular weight excluding hydrogens is 412 g/mol. The summed E-state index contributed by atoms with van der Waals surface area (Å²) < 4.78 is 16.4. The fourth-order valence-electron chi connectivity index (χ4n) is 3.12. The smallest absolute Gasteiger partial charge is 0.407 e. The summed E-state index contributed by atoms with van der Waals surface area (Å²) in [5, 5.41) is 12.7. The monoisotopic (exact) mass is 438 g/mol. The van der Waals surface area contributed by atoms with Crippen LogP contribution in [0.15, 0.2) is 48.7 Å². The first-order valence-electron chi connectivity index (χ1n) is 10.1. The Morgan fingerprint density at radius 3 is 2.56 bits per heavy atom. The largest absolute Gasteiger partial charge is 0.497 e. The molecule has 8 heteroatoms. The molecule has 8 nitrogen and oxygen atoms in total. The first-order chi connectivity index (χ1) is 15.2. The van der Waals surface area contributed by atoms with Crippen LogP contribution in [0.5, 0.6) is 11.5 Å². The third kappa shape index (κ3) is 5.66. The van der Waals surface area contributed by atoms with Crippen LogP contribution in [0.4, 0.5) is 4.79 Å². The SMILES string of the molecule is COc1ccc(-c2ccc3nccc(C(=O)O)c3c2)c(OCCNC(=O)OC(C)(C)C)c1. The molecule has 0 aliphatic heterocycles. The van der Waals surface area contributed by atoms with Crippen LogP contribution in [0.1, 0.15) is 31.1 Å². The molecule has 0 saturated carbocycles. The van der Waals surface area contributed by atoms with Crippen LogP contribution in [0.25, 0.3) is 22.0 Å². The first-order valence-corrected chi connectivity index (χ1v) is 10.1. The summed E-state index contributed by atoms with van der Waals surface area (Å²) >= 11 is 0. The highest BCUT2D eigenvalue weighted by Gasteiger charge is 2.16. The lowest BCUT2D eigenvalue weighted by atomic mass is 10.00. The molecule has 0 spiro atoms. The van der Waals surface area contributed by atoms with E-state index in [4.69, 9.17) is 14.2 Å². The molecule has 2 N–H and O–H groups in total. The number of carbonyl (C=O) groups excluding carboxylic acids is 1. The fourth-order valence-corrected chi connectivity index (χ4v) is 3.12. The molecule has 0 bridgehead atoms. The molecule has 1 heterocycles. The number of hydrogen-bond donors (Lipinski definition) is 2. The van der Waals surface area contributed by atoms with Crippen molar-refractivity contribution >= 4 is 23.0 Å². The fraction of sp³-hybridized carbons (Fsp3) is 0.292. The molecule has 0 aliphatic rings. The van der Waals surface area contributed by atoms with Crippen molar-refractivity contribution in [3.63, 3.8) is 0 Å². The highest BCUT2D eigenvalue weighted by molar-refractivity contribution is 6.03. The standard InChI is InChI=1S/C24H26N2O6/c1-24(2,3)32-23(29)26-11-12-31-21-14-16(30-4)6-7-17(21)15-5-8-20-19(13-15)18(22(27)28)9-10-25-20/h5-10,13-14H,11-12H2,1-4H3,(H,26,29)(H,27,28). The van der Waals surface area contributed by atoms with Crippen LogP contribution < -0.4 is 14.8 Å². The number of ether oxygens (including phenoxy) is 3. The highest BCUT2D eigenvalue weighted by atomic mass is 16.6. The summed E-state index contributed by atoms with van der Waals surface area (Å²) in [6.07, 6.45) is 0.959. The summed E-state index contributed by atoms with van der Waals surface area (Å²) in [6, 6.07) is 12.3. The lowest BCUT2D eigenvalue weighted by Gasteiger charge is -2.20. The van der Waals surface area contributed by atoms with Gasteiger partial charge in [-0.2, -0.15) is 0 Å².